The molecule has 4 unspecified atom stereocenters. The van der Waals surface area contributed by atoms with Gasteiger partial charge in [0, 0.05) is 13.5 Å². The number of amides is 2. The number of ketones is 1. The lowest BCUT2D eigenvalue weighted by Crippen LogP contribution is -2.52. The van der Waals surface area contributed by atoms with Crippen molar-refractivity contribution in [3.63, 3.8) is 0 Å². The standard InChI is InChI=1S/C16H22N2O4/c1-5-11-7-18(14-13(20)8-22-15(11)14)16(21)12(6-9(2)3)17-10(4)19/h1,9,11-12,14-15H,6-8H2,2-4H3,(H,17,19). The highest BCUT2D eigenvalue weighted by Gasteiger charge is 2.52. The summed E-state index contributed by atoms with van der Waals surface area (Å²) in [6.07, 6.45) is 5.58. The highest BCUT2D eigenvalue weighted by molar-refractivity contribution is 5.95. The minimum atomic E-state index is -0.636. The van der Waals surface area contributed by atoms with Gasteiger partial charge in [0.15, 0.2) is 5.78 Å². The molecule has 2 heterocycles. The largest absolute Gasteiger partial charge is 0.366 e. The fraction of sp³-hybridized carbons (Fsp3) is 0.688. The lowest BCUT2D eigenvalue weighted by molar-refractivity contribution is -0.140. The van der Waals surface area contributed by atoms with Crippen molar-refractivity contribution in [1.82, 2.24) is 10.2 Å². The van der Waals surface area contributed by atoms with Gasteiger partial charge in [0.2, 0.25) is 11.8 Å². The van der Waals surface area contributed by atoms with Crippen LogP contribution >= 0.6 is 0 Å². The Morgan fingerprint density at radius 1 is 1.50 bits per heavy atom. The number of hydrogen-bond acceptors (Lipinski definition) is 4. The number of carbonyl (C=O) groups is 3. The third-order valence-electron chi connectivity index (χ3n) is 4.06. The molecule has 0 aliphatic carbocycles. The molecule has 6 nitrogen and oxygen atoms in total. The summed E-state index contributed by atoms with van der Waals surface area (Å²) in [4.78, 5) is 37.7. The Labute approximate surface area is 130 Å². The zero-order valence-corrected chi connectivity index (χ0v) is 13.2. The van der Waals surface area contributed by atoms with E-state index in [0.29, 0.717) is 13.0 Å². The second-order valence-corrected chi connectivity index (χ2v) is 6.33. The summed E-state index contributed by atoms with van der Waals surface area (Å²) in [5.41, 5.74) is 0. The predicted octanol–water partition coefficient (Wildman–Crippen LogP) is -0.0347. The summed E-state index contributed by atoms with van der Waals surface area (Å²) in [7, 11) is 0. The van der Waals surface area contributed by atoms with Gasteiger partial charge in [-0.1, -0.05) is 19.8 Å². The molecule has 0 aromatic carbocycles. The quantitative estimate of drug-likeness (QED) is 0.740. The van der Waals surface area contributed by atoms with E-state index in [0.717, 1.165) is 0 Å². The summed E-state index contributed by atoms with van der Waals surface area (Å²) in [6, 6.07) is -1.25. The maximum Gasteiger partial charge on any atom is 0.245 e. The number of nitrogens with one attached hydrogen (secondary N) is 1. The van der Waals surface area contributed by atoms with Crippen LogP contribution in [0.2, 0.25) is 0 Å². The van der Waals surface area contributed by atoms with E-state index in [1.165, 1.54) is 11.8 Å². The molecule has 120 valence electrons. The highest BCUT2D eigenvalue weighted by atomic mass is 16.5. The van der Waals surface area contributed by atoms with Crippen LogP contribution in [0, 0.1) is 24.2 Å². The fourth-order valence-corrected chi connectivity index (χ4v) is 3.17. The van der Waals surface area contributed by atoms with E-state index in [1.54, 1.807) is 0 Å². The highest BCUT2D eigenvalue weighted by Crippen LogP contribution is 2.32. The molecule has 4 atom stereocenters. The topological polar surface area (TPSA) is 75.7 Å². The van der Waals surface area contributed by atoms with Crippen molar-refractivity contribution < 1.29 is 19.1 Å². The molecule has 2 fully saturated rings. The minimum absolute atomic E-state index is 0.00766. The normalized spacial score (nSPS) is 28.4. The first-order valence-corrected chi connectivity index (χ1v) is 7.53. The predicted molar refractivity (Wildman–Crippen MR) is 79.6 cm³/mol. The average molecular weight is 306 g/mol. The van der Waals surface area contributed by atoms with Crippen LogP contribution in [0.4, 0.5) is 0 Å². The number of Topliss-reactive ketones (excluding diaryl/α,β-unsaturated/α-hetero) is 1. The lowest BCUT2D eigenvalue weighted by atomic mass is 10.0. The first kappa shape index (κ1) is 16.5. The Bertz CT molecular complexity index is 523. The van der Waals surface area contributed by atoms with Gasteiger partial charge in [0.05, 0.1) is 5.92 Å². The van der Waals surface area contributed by atoms with Gasteiger partial charge in [-0.25, -0.2) is 0 Å². The number of fused-ring (bicyclic) bond motifs is 1. The first-order valence-electron chi connectivity index (χ1n) is 7.53. The Morgan fingerprint density at radius 2 is 2.18 bits per heavy atom. The van der Waals surface area contributed by atoms with Crippen LogP contribution in [-0.4, -0.2) is 53.8 Å². The Morgan fingerprint density at radius 3 is 2.73 bits per heavy atom. The average Bonchev–Trinajstić information content (AvgIpc) is 2.97. The van der Waals surface area contributed by atoms with Gasteiger partial charge in [-0.3, -0.25) is 14.4 Å². The zero-order chi connectivity index (χ0) is 16.4. The smallest absolute Gasteiger partial charge is 0.245 e. The third-order valence-corrected chi connectivity index (χ3v) is 4.06. The van der Waals surface area contributed by atoms with E-state index >= 15 is 0 Å². The lowest BCUT2D eigenvalue weighted by Gasteiger charge is -2.28. The van der Waals surface area contributed by atoms with Gasteiger partial charge in [-0.15, -0.1) is 6.42 Å². The van der Waals surface area contributed by atoms with Gasteiger partial charge >= 0.3 is 0 Å². The molecule has 2 amide bonds. The molecule has 0 radical (unpaired) electrons. The fourth-order valence-electron chi connectivity index (χ4n) is 3.17. The van der Waals surface area contributed by atoms with Crippen LogP contribution < -0.4 is 5.32 Å². The molecule has 2 aliphatic heterocycles. The van der Waals surface area contributed by atoms with E-state index < -0.39 is 18.2 Å². The van der Waals surface area contributed by atoms with Crippen molar-refractivity contribution in [3.05, 3.63) is 0 Å². The third kappa shape index (κ3) is 3.14. The molecule has 6 heteroatoms. The summed E-state index contributed by atoms with van der Waals surface area (Å²) in [5.74, 6) is 1.91. The van der Waals surface area contributed by atoms with Crippen molar-refractivity contribution in [1.29, 1.82) is 0 Å². The molecule has 1 N–H and O–H groups in total. The summed E-state index contributed by atoms with van der Waals surface area (Å²) < 4.78 is 5.44. The maximum atomic E-state index is 12.8. The van der Waals surface area contributed by atoms with Gasteiger partial charge in [-0.2, -0.15) is 0 Å². The molecule has 2 rings (SSSR count). The number of carbonyl (C=O) groups excluding carboxylic acids is 3. The zero-order valence-electron chi connectivity index (χ0n) is 13.2. The summed E-state index contributed by atoms with van der Waals surface area (Å²) in [6.45, 7) is 5.62. The number of terminal acetylenes is 1. The van der Waals surface area contributed by atoms with E-state index in [1.807, 2.05) is 13.8 Å². The minimum Gasteiger partial charge on any atom is -0.366 e. The van der Waals surface area contributed by atoms with Crippen molar-refractivity contribution in [2.24, 2.45) is 11.8 Å². The Balaban J connectivity index is 2.20. The molecule has 2 aliphatic rings. The molecular weight excluding hydrogens is 284 g/mol. The second-order valence-electron chi connectivity index (χ2n) is 6.33. The van der Waals surface area contributed by atoms with Crippen LogP contribution in [-0.2, 0) is 19.1 Å². The van der Waals surface area contributed by atoms with Crippen molar-refractivity contribution in [2.75, 3.05) is 13.2 Å². The SMILES string of the molecule is C#CC1CN(C(=O)C(CC(C)C)NC(C)=O)C2C(=O)COC12. The van der Waals surface area contributed by atoms with Gasteiger partial charge in [0.25, 0.3) is 0 Å². The van der Waals surface area contributed by atoms with E-state index in [-0.39, 0.29) is 36.0 Å². The maximum absolute atomic E-state index is 12.8. The molecular formula is C16H22N2O4. The van der Waals surface area contributed by atoms with Crippen LogP contribution in [0.3, 0.4) is 0 Å². The van der Waals surface area contributed by atoms with Crippen LogP contribution in [0.15, 0.2) is 0 Å². The Kier molecular flexibility index (Phi) is 4.87. The number of hydrogen-bond donors (Lipinski definition) is 1. The first-order chi connectivity index (χ1) is 10.3. The number of nitrogens with zero attached hydrogens (tertiary/aromatic N) is 1. The van der Waals surface area contributed by atoms with E-state index in [2.05, 4.69) is 11.2 Å². The number of ether oxygens (including phenoxy) is 1. The van der Waals surface area contributed by atoms with Gasteiger partial charge < -0.3 is 15.0 Å². The van der Waals surface area contributed by atoms with Crippen LogP contribution in [0.5, 0.6) is 0 Å². The van der Waals surface area contributed by atoms with Crippen molar-refractivity contribution in [2.45, 2.75) is 45.4 Å². The number of likely N-dealkylation sites (tertiary alicyclic amines) is 1. The van der Waals surface area contributed by atoms with Crippen LogP contribution in [0.25, 0.3) is 0 Å². The summed E-state index contributed by atoms with van der Waals surface area (Å²) >= 11 is 0. The van der Waals surface area contributed by atoms with Gasteiger partial charge in [-0.05, 0) is 12.3 Å². The van der Waals surface area contributed by atoms with E-state index in [9.17, 15) is 14.4 Å². The monoisotopic (exact) mass is 306 g/mol. The molecule has 0 saturated carbocycles. The second kappa shape index (κ2) is 6.49. The van der Waals surface area contributed by atoms with Crippen molar-refractivity contribution >= 4 is 17.6 Å². The molecule has 0 bridgehead atoms. The van der Waals surface area contributed by atoms with Crippen LogP contribution in [0.1, 0.15) is 27.2 Å². The molecule has 0 aromatic heterocycles. The summed E-state index contributed by atoms with van der Waals surface area (Å²) in [5, 5.41) is 2.68. The number of rotatable bonds is 4. The van der Waals surface area contributed by atoms with Gasteiger partial charge in [0.1, 0.15) is 24.8 Å². The molecule has 0 aromatic rings. The molecule has 22 heavy (non-hydrogen) atoms. The van der Waals surface area contributed by atoms with Crippen molar-refractivity contribution in [3.8, 4) is 12.3 Å². The molecule has 0 spiro atoms. The molecule has 2 saturated heterocycles. The Hall–Kier alpha value is -1.87. The van der Waals surface area contributed by atoms with E-state index in [4.69, 9.17) is 11.2 Å².